The molecule has 7 nitrogen and oxygen atoms in total. The third-order valence-corrected chi connectivity index (χ3v) is 6.59. The van der Waals surface area contributed by atoms with Gasteiger partial charge in [-0.15, -0.1) is 0 Å². The van der Waals surface area contributed by atoms with Crippen LogP contribution in [-0.4, -0.2) is 32.9 Å². The van der Waals surface area contributed by atoms with Crippen molar-refractivity contribution in [3.05, 3.63) is 90.8 Å². The Kier molecular flexibility index (Phi) is 6.36. The second-order valence-electron chi connectivity index (χ2n) is 8.06. The van der Waals surface area contributed by atoms with E-state index in [1.807, 2.05) is 90.6 Å². The van der Waals surface area contributed by atoms with Crippen molar-refractivity contribution >= 4 is 39.1 Å². The number of thiazole rings is 1. The Bertz CT molecular complexity index is 1500. The highest BCUT2D eigenvalue weighted by molar-refractivity contribution is 7.19. The number of imidazole rings is 1. The number of carbonyl (C=O) groups excluding carboxylic acids is 2. The van der Waals surface area contributed by atoms with Crippen molar-refractivity contribution < 1.29 is 9.59 Å². The van der Waals surface area contributed by atoms with E-state index in [2.05, 4.69) is 20.6 Å². The average molecular weight is 482 g/mol. The summed E-state index contributed by atoms with van der Waals surface area (Å²) >= 11 is 1.35. The van der Waals surface area contributed by atoms with Gasteiger partial charge in [-0.2, -0.15) is 0 Å². The van der Waals surface area contributed by atoms with Crippen molar-refractivity contribution in [2.45, 2.75) is 6.42 Å². The fraction of sp³-hybridized carbons (Fsp3) is 0.111. The molecule has 0 aliphatic heterocycles. The SMILES string of the molecule is Cn1ccnc1-c1sc(NC(=O)CNC(=O)Cc2cccc3ccccc23)nc1-c1ccccc1. The molecule has 5 aromatic rings. The molecule has 2 aromatic heterocycles. The molecule has 0 fully saturated rings. The van der Waals surface area contributed by atoms with Crippen molar-refractivity contribution in [2.75, 3.05) is 11.9 Å². The van der Waals surface area contributed by atoms with E-state index in [9.17, 15) is 9.59 Å². The van der Waals surface area contributed by atoms with Gasteiger partial charge in [0.1, 0.15) is 0 Å². The van der Waals surface area contributed by atoms with E-state index >= 15 is 0 Å². The molecule has 2 N–H and O–H groups in total. The first kappa shape index (κ1) is 22.5. The van der Waals surface area contributed by atoms with Crippen LogP contribution in [0.4, 0.5) is 5.13 Å². The van der Waals surface area contributed by atoms with Crippen LogP contribution in [0.3, 0.4) is 0 Å². The summed E-state index contributed by atoms with van der Waals surface area (Å²) in [6.45, 7) is -0.137. The quantitative estimate of drug-likeness (QED) is 0.354. The van der Waals surface area contributed by atoms with Crippen LogP contribution in [0.25, 0.3) is 32.7 Å². The Balaban J connectivity index is 1.27. The van der Waals surface area contributed by atoms with Crippen molar-refractivity contribution in [3.63, 3.8) is 0 Å². The van der Waals surface area contributed by atoms with Crippen LogP contribution >= 0.6 is 11.3 Å². The Morgan fingerprint density at radius 3 is 2.51 bits per heavy atom. The van der Waals surface area contributed by atoms with E-state index in [0.717, 1.165) is 38.3 Å². The molecule has 35 heavy (non-hydrogen) atoms. The minimum atomic E-state index is -0.337. The number of carbonyl (C=O) groups is 2. The van der Waals surface area contributed by atoms with E-state index in [4.69, 9.17) is 0 Å². The first-order chi connectivity index (χ1) is 17.1. The van der Waals surface area contributed by atoms with Crippen LogP contribution in [-0.2, 0) is 23.1 Å². The van der Waals surface area contributed by atoms with Crippen LogP contribution in [0.1, 0.15) is 5.56 Å². The van der Waals surface area contributed by atoms with Gasteiger partial charge in [-0.1, -0.05) is 84.1 Å². The number of aryl methyl sites for hydroxylation is 1. The van der Waals surface area contributed by atoms with E-state index in [-0.39, 0.29) is 24.8 Å². The zero-order chi connectivity index (χ0) is 24.2. The first-order valence-corrected chi connectivity index (χ1v) is 12.0. The molecule has 2 heterocycles. The van der Waals surface area contributed by atoms with E-state index < -0.39 is 0 Å². The lowest BCUT2D eigenvalue weighted by atomic mass is 10.0. The number of nitrogens with one attached hydrogen (secondary N) is 2. The fourth-order valence-electron chi connectivity index (χ4n) is 3.93. The first-order valence-electron chi connectivity index (χ1n) is 11.2. The summed E-state index contributed by atoms with van der Waals surface area (Å²) in [6, 6.07) is 23.6. The van der Waals surface area contributed by atoms with Gasteiger partial charge in [0.15, 0.2) is 11.0 Å². The van der Waals surface area contributed by atoms with E-state index in [1.165, 1.54) is 11.3 Å². The fourth-order valence-corrected chi connectivity index (χ4v) is 4.97. The highest BCUT2D eigenvalue weighted by atomic mass is 32.1. The Morgan fingerprint density at radius 2 is 1.71 bits per heavy atom. The molecular formula is C27H23N5O2S. The number of anilines is 1. The number of nitrogens with zero attached hydrogens (tertiary/aromatic N) is 3. The molecule has 0 saturated heterocycles. The number of aromatic nitrogens is 3. The number of hydrogen-bond acceptors (Lipinski definition) is 5. The molecule has 0 unspecified atom stereocenters. The van der Waals surface area contributed by atoms with Crippen LogP contribution in [0.2, 0.25) is 0 Å². The molecule has 0 saturated carbocycles. The predicted octanol–water partition coefficient (Wildman–Crippen LogP) is 4.66. The van der Waals surface area contributed by atoms with Gasteiger partial charge in [-0.25, -0.2) is 9.97 Å². The number of fused-ring (bicyclic) bond motifs is 1. The standard InChI is InChI=1S/C27H23N5O2S/c1-32-15-14-28-26(32)25-24(19-9-3-2-4-10-19)31-27(35-25)30-23(34)17-29-22(33)16-20-12-7-11-18-8-5-6-13-21(18)20/h2-15H,16-17H2,1H3,(H,29,33)(H,30,31,34). The normalized spacial score (nSPS) is 10.9. The minimum absolute atomic E-state index is 0.137. The predicted molar refractivity (Wildman–Crippen MR) is 139 cm³/mol. The largest absolute Gasteiger partial charge is 0.347 e. The zero-order valence-electron chi connectivity index (χ0n) is 19.1. The highest BCUT2D eigenvalue weighted by Crippen LogP contribution is 2.38. The van der Waals surface area contributed by atoms with Gasteiger partial charge in [-0.05, 0) is 16.3 Å². The molecule has 0 spiro atoms. The molecule has 8 heteroatoms. The van der Waals surface area contributed by atoms with E-state index in [1.54, 1.807) is 6.20 Å². The Morgan fingerprint density at radius 1 is 0.943 bits per heavy atom. The minimum Gasteiger partial charge on any atom is -0.347 e. The molecule has 2 amide bonds. The van der Waals surface area contributed by atoms with Crippen molar-refractivity contribution in [1.29, 1.82) is 0 Å². The van der Waals surface area contributed by atoms with Gasteiger partial charge >= 0.3 is 0 Å². The van der Waals surface area contributed by atoms with Crippen molar-refractivity contribution in [3.8, 4) is 22.0 Å². The van der Waals surface area contributed by atoms with Crippen LogP contribution in [0.15, 0.2) is 85.2 Å². The van der Waals surface area contributed by atoms with Crippen molar-refractivity contribution in [1.82, 2.24) is 19.9 Å². The average Bonchev–Trinajstić information content (AvgIpc) is 3.49. The third-order valence-electron chi connectivity index (χ3n) is 5.62. The summed E-state index contributed by atoms with van der Waals surface area (Å²) in [5.41, 5.74) is 2.61. The maximum absolute atomic E-state index is 12.6. The summed E-state index contributed by atoms with van der Waals surface area (Å²) in [5.74, 6) is 0.218. The van der Waals surface area contributed by atoms with Gasteiger partial charge in [0, 0.05) is 25.0 Å². The maximum atomic E-state index is 12.6. The summed E-state index contributed by atoms with van der Waals surface area (Å²) < 4.78 is 1.92. The topological polar surface area (TPSA) is 88.9 Å². The lowest BCUT2D eigenvalue weighted by molar-refractivity contribution is -0.123. The maximum Gasteiger partial charge on any atom is 0.245 e. The molecular weight excluding hydrogens is 458 g/mol. The van der Waals surface area contributed by atoms with E-state index in [0.29, 0.717) is 5.13 Å². The summed E-state index contributed by atoms with van der Waals surface area (Å²) in [7, 11) is 1.92. The molecule has 5 rings (SSSR count). The number of rotatable bonds is 7. The lowest BCUT2D eigenvalue weighted by Gasteiger charge is -2.08. The molecule has 0 aliphatic carbocycles. The zero-order valence-corrected chi connectivity index (χ0v) is 19.9. The van der Waals surface area contributed by atoms with Gasteiger partial charge in [0.25, 0.3) is 0 Å². The molecule has 0 radical (unpaired) electrons. The highest BCUT2D eigenvalue weighted by Gasteiger charge is 2.19. The summed E-state index contributed by atoms with van der Waals surface area (Å²) in [5, 5.41) is 8.10. The number of amides is 2. The molecule has 0 bridgehead atoms. The number of hydrogen-bond donors (Lipinski definition) is 2. The van der Waals surface area contributed by atoms with Gasteiger partial charge in [0.2, 0.25) is 11.8 Å². The second kappa shape index (κ2) is 9.90. The smallest absolute Gasteiger partial charge is 0.245 e. The van der Waals surface area contributed by atoms with Crippen LogP contribution in [0.5, 0.6) is 0 Å². The Hall–Kier alpha value is -4.30. The monoisotopic (exact) mass is 481 g/mol. The lowest BCUT2D eigenvalue weighted by Crippen LogP contribution is -2.33. The molecule has 0 aliphatic rings. The molecule has 3 aromatic carbocycles. The van der Waals surface area contributed by atoms with Gasteiger partial charge in [-0.3, -0.25) is 9.59 Å². The summed E-state index contributed by atoms with van der Waals surface area (Å²) in [4.78, 5) is 35.1. The summed E-state index contributed by atoms with van der Waals surface area (Å²) in [6.07, 6.45) is 3.80. The van der Waals surface area contributed by atoms with Gasteiger partial charge < -0.3 is 15.2 Å². The third kappa shape index (κ3) is 4.97. The molecule has 0 atom stereocenters. The van der Waals surface area contributed by atoms with Crippen LogP contribution < -0.4 is 10.6 Å². The Labute approximate surface area is 206 Å². The van der Waals surface area contributed by atoms with Crippen LogP contribution in [0, 0.1) is 0 Å². The van der Waals surface area contributed by atoms with Crippen molar-refractivity contribution in [2.24, 2.45) is 7.05 Å². The second-order valence-corrected chi connectivity index (χ2v) is 9.06. The molecule has 174 valence electrons. The van der Waals surface area contributed by atoms with Gasteiger partial charge in [0.05, 0.1) is 23.5 Å². The number of benzene rings is 3.